The second-order valence-corrected chi connectivity index (χ2v) is 6.25. The summed E-state index contributed by atoms with van der Waals surface area (Å²) in [5.41, 5.74) is 1.00. The molecule has 1 aliphatic carbocycles. The second-order valence-electron chi connectivity index (χ2n) is 6.25. The van der Waals surface area contributed by atoms with E-state index >= 15 is 0 Å². The van der Waals surface area contributed by atoms with E-state index in [-0.39, 0.29) is 11.9 Å². The van der Waals surface area contributed by atoms with Crippen LogP contribution in [0.3, 0.4) is 0 Å². The largest absolute Gasteiger partial charge is 0.316 e. The van der Waals surface area contributed by atoms with Crippen LogP contribution in [0.2, 0.25) is 0 Å². The molecule has 0 bridgehead atoms. The van der Waals surface area contributed by atoms with Crippen LogP contribution in [0.15, 0.2) is 18.5 Å². The molecule has 1 aromatic heterocycles. The molecule has 2 atom stereocenters. The summed E-state index contributed by atoms with van der Waals surface area (Å²) in [5, 5.41) is 3.49. The third-order valence-corrected chi connectivity index (χ3v) is 4.59. The van der Waals surface area contributed by atoms with Gasteiger partial charge < -0.3 is 5.32 Å². The summed E-state index contributed by atoms with van der Waals surface area (Å²) in [7, 11) is 0. The first-order chi connectivity index (χ1) is 9.74. The maximum absolute atomic E-state index is 13.4. The number of hydrogen-bond donors (Lipinski definition) is 1. The number of piperidine rings is 1. The highest BCUT2D eigenvalue weighted by Gasteiger charge is 2.34. The van der Waals surface area contributed by atoms with Crippen LogP contribution in [0.1, 0.15) is 44.2 Å². The van der Waals surface area contributed by atoms with Gasteiger partial charge in [0.05, 0.1) is 6.20 Å². The topological polar surface area (TPSA) is 28.2 Å². The highest BCUT2D eigenvalue weighted by molar-refractivity contribution is 5.15. The Labute approximate surface area is 120 Å². The fourth-order valence-electron chi connectivity index (χ4n) is 3.26. The number of rotatable bonds is 5. The Hall–Kier alpha value is -1.00. The Morgan fingerprint density at radius 2 is 2.25 bits per heavy atom. The van der Waals surface area contributed by atoms with Crippen molar-refractivity contribution in [2.75, 3.05) is 19.6 Å². The standard InChI is InChI=1S/C16H24FN3/c1-12(14-7-15(17)10-19-9-14)20(16-4-5-16)11-13-3-2-6-18-8-13/h7,9-10,12-13,16,18H,2-6,8,11H2,1H3. The van der Waals surface area contributed by atoms with Gasteiger partial charge in [0.1, 0.15) is 5.82 Å². The molecule has 2 heterocycles. The summed E-state index contributed by atoms with van der Waals surface area (Å²) in [4.78, 5) is 6.56. The van der Waals surface area contributed by atoms with E-state index in [9.17, 15) is 4.39 Å². The lowest BCUT2D eigenvalue weighted by Gasteiger charge is -2.34. The van der Waals surface area contributed by atoms with Crippen LogP contribution < -0.4 is 5.32 Å². The molecule has 1 aliphatic heterocycles. The van der Waals surface area contributed by atoms with Gasteiger partial charge in [-0.3, -0.25) is 9.88 Å². The Balaban J connectivity index is 1.69. The smallest absolute Gasteiger partial charge is 0.141 e. The van der Waals surface area contributed by atoms with Gasteiger partial charge in [0.25, 0.3) is 0 Å². The zero-order valence-corrected chi connectivity index (χ0v) is 12.2. The summed E-state index contributed by atoms with van der Waals surface area (Å²) in [6.45, 7) is 5.58. The molecule has 0 aromatic carbocycles. The highest BCUT2D eigenvalue weighted by atomic mass is 19.1. The summed E-state index contributed by atoms with van der Waals surface area (Å²) < 4.78 is 13.4. The van der Waals surface area contributed by atoms with Gasteiger partial charge in [0.15, 0.2) is 0 Å². The van der Waals surface area contributed by atoms with Gasteiger partial charge in [-0.05, 0) is 63.2 Å². The molecule has 110 valence electrons. The van der Waals surface area contributed by atoms with Gasteiger partial charge in [-0.25, -0.2) is 4.39 Å². The average molecular weight is 277 g/mol. The summed E-state index contributed by atoms with van der Waals surface area (Å²) >= 11 is 0. The Bertz CT molecular complexity index is 441. The van der Waals surface area contributed by atoms with Crippen molar-refractivity contribution in [3.8, 4) is 0 Å². The van der Waals surface area contributed by atoms with Gasteiger partial charge in [-0.2, -0.15) is 0 Å². The minimum atomic E-state index is -0.232. The third-order valence-electron chi connectivity index (χ3n) is 4.59. The van der Waals surface area contributed by atoms with Crippen LogP contribution in [0, 0.1) is 11.7 Å². The quantitative estimate of drug-likeness (QED) is 0.897. The molecule has 3 nitrogen and oxygen atoms in total. The maximum atomic E-state index is 13.4. The van der Waals surface area contributed by atoms with Crippen molar-refractivity contribution < 1.29 is 4.39 Å². The molecular formula is C16H24FN3. The zero-order valence-electron chi connectivity index (χ0n) is 12.2. The zero-order chi connectivity index (χ0) is 13.9. The number of nitrogens with zero attached hydrogens (tertiary/aromatic N) is 2. The first kappa shape index (κ1) is 14.0. The number of aromatic nitrogens is 1. The van der Waals surface area contributed by atoms with Crippen LogP contribution in [0.4, 0.5) is 4.39 Å². The monoisotopic (exact) mass is 277 g/mol. The van der Waals surface area contributed by atoms with E-state index in [4.69, 9.17) is 0 Å². The Kier molecular flexibility index (Phi) is 4.32. The molecule has 1 N–H and O–H groups in total. The van der Waals surface area contributed by atoms with E-state index in [2.05, 4.69) is 22.1 Å². The molecule has 20 heavy (non-hydrogen) atoms. The molecule has 4 heteroatoms. The van der Waals surface area contributed by atoms with E-state index in [0.29, 0.717) is 6.04 Å². The van der Waals surface area contributed by atoms with Crippen molar-refractivity contribution in [2.45, 2.75) is 44.7 Å². The summed E-state index contributed by atoms with van der Waals surface area (Å²) in [5.74, 6) is 0.498. The van der Waals surface area contributed by atoms with Crippen molar-refractivity contribution in [1.29, 1.82) is 0 Å². The number of halogens is 1. The first-order valence-corrected chi connectivity index (χ1v) is 7.81. The van der Waals surface area contributed by atoms with E-state index in [1.807, 2.05) is 6.20 Å². The van der Waals surface area contributed by atoms with Crippen LogP contribution >= 0.6 is 0 Å². The lowest BCUT2D eigenvalue weighted by molar-refractivity contribution is 0.153. The van der Waals surface area contributed by atoms with Crippen LogP contribution in [-0.4, -0.2) is 35.6 Å². The predicted octanol–water partition coefficient (Wildman–Crippen LogP) is 2.75. The van der Waals surface area contributed by atoms with Gasteiger partial charge >= 0.3 is 0 Å². The molecule has 0 amide bonds. The Morgan fingerprint density at radius 3 is 2.90 bits per heavy atom. The molecule has 3 rings (SSSR count). The van der Waals surface area contributed by atoms with Crippen molar-refractivity contribution >= 4 is 0 Å². The first-order valence-electron chi connectivity index (χ1n) is 7.81. The van der Waals surface area contributed by atoms with E-state index in [1.54, 1.807) is 6.07 Å². The lowest BCUT2D eigenvalue weighted by atomic mass is 9.97. The number of nitrogens with one attached hydrogen (secondary N) is 1. The highest BCUT2D eigenvalue weighted by Crippen LogP contribution is 2.35. The maximum Gasteiger partial charge on any atom is 0.141 e. The van der Waals surface area contributed by atoms with E-state index < -0.39 is 0 Å². The van der Waals surface area contributed by atoms with Crippen molar-refractivity contribution in [3.63, 3.8) is 0 Å². The van der Waals surface area contributed by atoms with Crippen molar-refractivity contribution in [2.24, 2.45) is 5.92 Å². The third kappa shape index (κ3) is 3.36. The molecule has 1 saturated carbocycles. The minimum Gasteiger partial charge on any atom is -0.316 e. The van der Waals surface area contributed by atoms with Gasteiger partial charge in [0, 0.05) is 24.8 Å². The fourth-order valence-corrected chi connectivity index (χ4v) is 3.26. The minimum absolute atomic E-state index is 0.232. The molecule has 0 radical (unpaired) electrons. The second kappa shape index (κ2) is 6.19. The normalized spacial score (nSPS) is 24.9. The molecule has 0 spiro atoms. The van der Waals surface area contributed by atoms with Crippen molar-refractivity contribution in [3.05, 3.63) is 29.8 Å². The van der Waals surface area contributed by atoms with Crippen molar-refractivity contribution in [1.82, 2.24) is 15.2 Å². The van der Waals surface area contributed by atoms with Crippen LogP contribution in [0.25, 0.3) is 0 Å². The molecule has 1 aromatic rings. The number of pyridine rings is 1. The van der Waals surface area contributed by atoms with Gasteiger partial charge in [-0.1, -0.05) is 0 Å². The molecular weight excluding hydrogens is 253 g/mol. The average Bonchev–Trinajstić information content (AvgIpc) is 3.30. The lowest BCUT2D eigenvalue weighted by Crippen LogP contribution is -2.40. The van der Waals surface area contributed by atoms with Gasteiger partial charge in [0.2, 0.25) is 0 Å². The van der Waals surface area contributed by atoms with Crippen LogP contribution in [0.5, 0.6) is 0 Å². The van der Waals surface area contributed by atoms with Crippen LogP contribution in [-0.2, 0) is 0 Å². The van der Waals surface area contributed by atoms with Gasteiger partial charge in [-0.15, -0.1) is 0 Å². The molecule has 2 fully saturated rings. The van der Waals surface area contributed by atoms with E-state index in [0.717, 1.165) is 31.1 Å². The number of hydrogen-bond acceptors (Lipinski definition) is 3. The predicted molar refractivity (Wildman–Crippen MR) is 77.9 cm³/mol. The molecule has 2 aliphatic rings. The molecule has 1 saturated heterocycles. The van der Waals surface area contributed by atoms with E-state index in [1.165, 1.54) is 31.9 Å². The fraction of sp³-hybridized carbons (Fsp3) is 0.688. The SMILES string of the molecule is CC(c1cncc(F)c1)N(CC1CCCNC1)C1CC1. The summed E-state index contributed by atoms with van der Waals surface area (Å²) in [6.07, 6.45) is 8.24. The summed E-state index contributed by atoms with van der Waals surface area (Å²) in [6, 6.07) is 2.58. The molecule has 2 unspecified atom stereocenters. The Morgan fingerprint density at radius 1 is 1.40 bits per heavy atom.